The summed E-state index contributed by atoms with van der Waals surface area (Å²) in [4.78, 5) is 24.5. The van der Waals surface area contributed by atoms with Crippen molar-refractivity contribution in [3.63, 3.8) is 0 Å². The lowest BCUT2D eigenvalue weighted by atomic mass is 10.1. The van der Waals surface area contributed by atoms with Crippen molar-refractivity contribution in [2.75, 3.05) is 19.8 Å². The largest absolute Gasteiger partial charge is 0.490 e. The van der Waals surface area contributed by atoms with Crippen LogP contribution in [0.1, 0.15) is 36.7 Å². The molecule has 8 heteroatoms. The highest BCUT2D eigenvalue weighted by atomic mass is 19.1. The molecule has 0 bridgehead atoms. The van der Waals surface area contributed by atoms with E-state index in [-0.39, 0.29) is 17.5 Å². The number of amides is 2. The first-order valence-electron chi connectivity index (χ1n) is 9.39. The molecule has 156 valence electrons. The Labute approximate surface area is 169 Å². The average Bonchev–Trinajstić information content (AvgIpc) is 2.70. The Hall–Kier alpha value is -3.29. The first-order chi connectivity index (χ1) is 14.0. The third-order valence-electron chi connectivity index (χ3n) is 3.80. The smallest absolute Gasteiger partial charge is 0.269 e. The number of carbonyl (C=O) groups is 2. The molecule has 0 saturated carbocycles. The van der Waals surface area contributed by atoms with E-state index in [2.05, 4.69) is 10.9 Å². The summed E-state index contributed by atoms with van der Waals surface area (Å²) in [6.07, 6.45) is -0.204. The van der Waals surface area contributed by atoms with Gasteiger partial charge < -0.3 is 14.2 Å². The topological polar surface area (TPSA) is 85.9 Å². The molecule has 2 rings (SSSR count). The van der Waals surface area contributed by atoms with Crippen molar-refractivity contribution >= 4 is 11.8 Å². The first kappa shape index (κ1) is 22.0. The molecule has 2 N–H and O–H groups in total. The zero-order valence-corrected chi connectivity index (χ0v) is 16.7. The Morgan fingerprint density at radius 1 is 0.897 bits per heavy atom. The summed E-state index contributed by atoms with van der Waals surface area (Å²) in [5.74, 6) is -0.466. The van der Waals surface area contributed by atoms with Crippen LogP contribution in [0.3, 0.4) is 0 Å². The molecule has 0 atom stereocenters. The summed E-state index contributed by atoms with van der Waals surface area (Å²) in [5, 5.41) is 0. The highest BCUT2D eigenvalue weighted by molar-refractivity contribution is 5.96. The first-order valence-corrected chi connectivity index (χ1v) is 9.39. The second-order valence-corrected chi connectivity index (χ2v) is 5.87. The molecule has 7 nitrogen and oxygen atoms in total. The summed E-state index contributed by atoms with van der Waals surface area (Å²) in [6, 6.07) is 8.97. The molecular weight excluding hydrogens is 379 g/mol. The summed E-state index contributed by atoms with van der Waals surface area (Å²) in [6.45, 7) is 6.60. The highest BCUT2D eigenvalue weighted by Gasteiger charge is 2.19. The van der Waals surface area contributed by atoms with Crippen molar-refractivity contribution in [2.45, 2.75) is 27.2 Å². The maximum atomic E-state index is 13.6. The maximum Gasteiger partial charge on any atom is 0.269 e. The van der Waals surface area contributed by atoms with E-state index < -0.39 is 17.6 Å². The number of hydrogen-bond acceptors (Lipinski definition) is 5. The van der Waals surface area contributed by atoms with Gasteiger partial charge in [-0.25, -0.2) is 4.39 Å². The number of rotatable bonds is 9. The normalized spacial score (nSPS) is 10.2. The molecule has 0 aliphatic carbocycles. The number of carbonyl (C=O) groups excluding carboxylic acids is 2. The number of nitrogens with one attached hydrogen (secondary N) is 2. The Kier molecular flexibility index (Phi) is 8.27. The van der Waals surface area contributed by atoms with Gasteiger partial charge in [-0.2, -0.15) is 0 Å². The minimum atomic E-state index is -0.572. The van der Waals surface area contributed by atoms with Crippen LogP contribution in [0.25, 0.3) is 0 Å². The van der Waals surface area contributed by atoms with E-state index >= 15 is 0 Å². The molecule has 2 amide bonds. The van der Waals surface area contributed by atoms with E-state index in [1.807, 2.05) is 20.8 Å². The predicted molar refractivity (Wildman–Crippen MR) is 106 cm³/mol. The quantitative estimate of drug-likeness (QED) is 0.628. The Morgan fingerprint density at radius 3 is 2.03 bits per heavy atom. The number of halogens is 1. The van der Waals surface area contributed by atoms with Gasteiger partial charge in [-0.1, -0.05) is 18.2 Å². The molecule has 0 spiro atoms. The van der Waals surface area contributed by atoms with E-state index in [0.717, 1.165) is 0 Å². The molecule has 0 fully saturated rings. The van der Waals surface area contributed by atoms with Crippen LogP contribution in [0.2, 0.25) is 0 Å². The highest BCUT2D eigenvalue weighted by Crippen LogP contribution is 2.39. The SMILES string of the molecule is CCOc1cc(C(=O)NNC(=O)Cc2ccccc2F)cc(OCC)c1OCC. The number of benzene rings is 2. The second-order valence-electron chi connectivity index (χ2n) is 5.87. The molecule has 0 aliphatic heterocycles. The van der Waals surface area contributed by atoms with Gasteiger partial charge in [0.05, 0.1) is 26.2 Å². The molecule has 29 heavy (non-hydrogen) atoms. The van der Waals surface area contributed by atoms with Crippen molar-refractivity contribution in [3.8, 4) is 17.2 Å². The number of ether oxygens (including phenoxy) is 3. The molecule has 2 aromatic rings. The fourth-order valence-corrected chi connectivity index (χ4v) is 2.58. The number of hydrogen-bond donors (Lipinski definition) is 2. The molecule has 0 radical (unpaired) electrons. The van der Waals surface area contributed by atoms with Crippen LogP contribution in [0, 0.1) is 5.82 Å². The summed E-state index contributed by atoms with van der Waals surface area (Å²) in [7, 11) is 0. The molecule has 0 heterocycles. The Bertz CT molecular complexity index is 830. The van der Waals surface area contributed by atoms with E-state index in [1.165, 1.54) is 30.3 Å². The lowest BCUT2D eigenvalue weighted by Gasteiger charge is -2.17. The van der Waals surface area contributed by atoms with Crippen molar-refractivity contribution in [3.05, 3.63) is 53.3 Å². The number of hydrazine groups is 1. The van der Waals surface area contributed by atoms with Gasteiger partial charge in [-0.05, 0) is 44.5 Å². The molecule has 0 unspecified atom stereocenters. The van der Waals surface area contributed by atoms with Gasteiger partial charge in [0.2, 0.25) is 11.7 Å². The van der Waals surface area contributed by atoms with Crippen molar-refractivity contribution in [1.29, 1.82) is 0 Å². The van der Waals surface area contributed by atoms with Crippen LogP contribution < -0.4 is 25.1 Å². The van der Waals surface area contributed by atoms with Gasteiger partial charge in [0.25, 0.3) is 5.91 Å². The molecule has 0 saturated heterocycles. The lowest BCUT2D eigenvalue weighted by Crippen LogP contribution is -2.42. The minimum absolute atomic E-state index is 0.204. The van der Waals surface area contributed by atoms with Crippen LogP contribution in [0.15, 0.2) is 36.4 Å². The Balaban J connectivity index is 2.12. The summed E-state index contributed by atoms with van der Waals surface area (Å²) in [5.41, 5.74) is 5.05. The van der Waals surface area contributed by atoms with Crippen LogP contribution in [-0.4, -0.2) is 31.6 Å². The lowest BCUT2D eigenvalue weighted by molar-refractivity contribution is -0.121. The third-order valence-corrected chi connectivity index (χ3v) is 3.80. The van der Waals surface area contributed by atoms with E-state index in [0.29, 0.717) is 37.1 Å². The Morgan fingerprint density at radius 2 is 1.48 bits per heavy atom. The van der Waals surface area contributed by atoms with Crippen LogP contribution in [-0.2, 0) is 11.2 Å². The van der Waals surface area contributed by atoms with Gasteiger partial charge in [0.15, 0.2) is 11.5 Å². The van der Waals surface area contributed by atoms with Gasteiger partial charge in [-0.15, -0.1) is 0 Å². The molecule has 0 aliphatic rings. The van der Waals surface area contributed by atoms with Crippen molar-refractivity contribution in [2.24, 2.45) is 0 Å². The van der Waals surface area contributed by atoms with Gasteiger partial charge in [-0.3, -0.25) is 20.4 Å². The fourth-order valence-electron chi connectivity index (χ4n) is 2.58. The molecule has 0 aromatic heterocycles. The van der Waals surface area contributed by atoms with E-state index in [4.69, 9.17) is 14.2 Å². The summed E-state index contributed by atoms with van der Waals surface area (Å²) < 4.78 is 30.4. The second kappa shape index (κ2) is 10.9. The average molecular weight is 404 g/mol. The minimum Gasteiger partial charge on any atom is -0.490 e. The van der Waals surface area contributed by atoms with Crippen molar-refractivity contribution < 1.29 is 28.2 Å². The van der Waals surface area contributed by atoms with Crippen molar-refractivity contribution in [1.82, 2.24) is 10.9 Å². The van der Waals surface area contributed by atoms with E-state index in [1.54, 1.807) is 6.07 Å². The van der Waals surface area contributed by atoms with Crippen LogP contribution in [0.4, 0.5) is 4.39 Å². The molecule has 2 aromatic carbocycles. The van der Waals surface area contributed by atoms with Gasteiger partial charge in [0.1, 0.15) is 5.82 Å². The predicted octanol–water partition coefficient (Wildman–Crippen LogP) is 3.03. The van der Waals surface area contributed by atoms with Crippen LogP contribution in [0.5, 0.6) is 17.2 Å². The molecular formula is C21H25FN2O5. The third kappa shape index (κ3) is 6.10. The zero-order chi connectivity index (χ0) is 21.2. The maximum absolute atomic E-state index is 13.6. The van der Waals surface area contributed by atoms with Gasteiger partial charge >= 0.3 is 0 Å². The fraction of sp³-hybridized carbons (Fsp3) is 0.333. The summed E-state index contributed by atoms with van der Waals surface area (Å²) >= 11 is 0. The van der Waals surface area contributed by atoms with Gasteiger partial charge in [0, 0.05) is 5.56 Å². The standard InChI is InChI=1S/C21H25FN2O5/c1-4-27-17-11-15(12-18(28-5-2)20(17)29-6-3)21(26)24-23-19(25)13-14-9-7-8-10-16(14)22/h7-12H,4-6,13H2,1-3H3,(H,23,25)(H,24,26). The monoisotopic (exact) mass is 404 g/mol. The van der Waals surface area contributed by atoms with Crippen LogP contribution >= 0.6 is 0 Å². The zero-order valence-electron chi connectivity index (χ0n) is 16.7. The van der Waals surface area contributed by atoms with E-state index in [9.17, 15) is 14.0 Å².